The fourth-order valence-electron chi connectivity index (χ4n) is 1.35. The second-order valence-electron chi connectivity index (χ2n) is 5.26. The Hall–Kier alpha value is -0.240. The Kier molecular flexibility index (Phi) is 6.39. The molecule has 0 aliphatic carbocycles. The fourth-order valence-corrected chi connectivity index (χ4v) is 1.35. The lowest BCUT2D eigenvalue weighted by molar-refractivity contribution is -0.873. The molecule has 0 radical (unpaired) electrons. The number of quaternary nitrogens is 1. The van der Waals surface area contributed by atoms with Crippen LogP contribution in [0.5, 0.6) is 0 Å². The molecule has 0 rings (SSSR count). The van der Waals surface area contributed by atoms with Crippen LogP contribution < -0.4 is 5.32 Å². The Balaban J connectivity index is 4.11. The van der Waals surface area contributed by atoms with E-state index in [1.807, 2.05) is 21.1 Å². The predicted molar refractivity (Wildman–Crippen MR) is 60.9 cm³/mol. The van der Waals surface area contributed by atoms with E-state index in [0.717, 1.165) is 0 Å². The SMILES string of the molecule is C[N+](C)(C)CC(O)CNC(CO)(CO)CO. The van der Waals surface area contributed by atoms with Crippen molar-refractivity contribution in [1.29, 1.82) is 0 Å². The molecule has 0 aromatic carbocycles. The van der Waals surface area contributed by atoms with Gasteiger partial charge in [-0.05, 0) is 0 Å². The molecule has 0 spiro atoms. The smallest absolute Gasteiger partial charge is 0.115 e. The molecule has 0 amide bonds. The third kappa shape index (κ3) is 5.74. The van der Waals surface area contributed by atoms with E-state index in [1.165, 1.54) is 0 Å². The maximum absolute atomic E-state index is 9.71. The highest BCUT2D eigenvalue weighted by atomic mass is 16.3. The third-order valence-electron chi connectivity index (χ3n) is 2.38. The van der Waals surface area contributed by atoms with Crippen LogP contribution in [0.4, 0.5) is 0 Å². The Bertz CT molecular complexity index is 181. The molecule has 0 saturated heterocycles. The zero-order valence-electron chi connectivity index (χ0n) is 10.3. The summed E-state index contributed by atoms with van der Waals surface area (Å²) in [6, 6.07) is 0. The molecule has 16 heavy (non-hydrogen) atoms. The summed E-state index contributed by atoms with van der Waals surface area (Å²) in [6.45, 7) is -0.367. The van der Waals surface area contributed by atoms with Crippen molar-refractivity contribution < 1.29 is 24.9 Å². The zero-order valence-corrected chi connectivity index (χ0v) is 10.3. The molecule has 0 aromatic heterocycles. The molecule has 98 valence electrons. The molecule has 0 fully saturated rings. The van der Waals surface area contributed by atoms with Gasteiger partial charge < -0.3 is 30.2 Å². The number of nitrogens with zero attached hydrogens (tertiary/aromatic N) is 1. The van der Waals surface area contributed by atoms with Crippen molar-refractivity contribution in [3.8, 4) is 0 Å². The van der Waals surface area contributed by atoms with E-state index in [1.54, 1.807) is 0 Å². The Morgan fingerprint density at radius 1 is 1.06 bits per heavy atom. The molecular weight excluding hydrogens is 212 g/mol. The Morgan fingerprint density at radius 2 is 1.50 bits per heavy atom. The van der Waals surface area contributed by atoms with Crippen LogP contribution >= 0.6 is 0 Å². The highest BCUT2D eigenvalue weighted by molar-refractivity contribution is 4.86. The lowest BCUT2D eigenvalue weighted by Crippen LogP contribution is -2.58. The average molecular weight is 237 g/mol. The summed E-state index contributed by atoms with van der Waals surface area (Å²) < 4.78 is 0.618. The minimum Gasteiger partial charge on any atom is -0.394 e. The first kappa shape index (κ1) is 15.8. The maximum Gasteiger partial charge on any atom is 0.115 e. The van der Waals surface area contributed by atoms with Crippen molar-refractivity contribution in [3.05, 3.63) is 0 Å². The highest BCUT2D eigenvalue weighted by Gasteiger charge is 2.28. The Labute approximate surface area is 96.7 Å². The number of aliphatic hydroxyl groups is 4. The van der Waals surface area contributed by atoms with Crippen molar-refractivity contribution in [2.24, 2.45) is 0 Å². The number of aliphatic hydroxyl groups excluding tert-OH is 4. The van der Waals surface area contributed by atoms with Crippen LogP contribution in [0.3, 0.4) is 0 Å². The van der Waals surface area contributed by atoms with E-state index in [0.29, 0.717) is 11.0 Å². The summed E-state index contributed by atoms with van der Waals surface area (Å²) in [6.07, 6.45) is -0.593. The topological polar surface area (TPSA) is 93.0 Å². The van der Waals surface area contributed by atoms with Gasteiger partial charge in [0.1, 0.15) is 12.6 Å². The quantitative estimate of drug-likeness (QED) is 0.298. The molecule has 1 unspecified atom stereocenters. The van der Waals surface area contributed by atoms with Gasteiger partial charge in [-0.1, -0.05) is 0 Å². The highest BCUT2D eigenvalue weighted by Crippen LogP contribution is 2.02. The second kappa shape index (κ2) is 6.48. The molecule has 6 nitrogen and oxygen atoms in total. The number of rotatable bonds is 8. The molecule has 0 heterocycles. The van der Waals surface area contributed by atoms with E-state index in [4.69, 9.17) is 15.3 Å². The lowest BCUT2D eigenvalue weighted by atomic mass is 10.0. The summed E-state index contributed by atoms with van der Waals surface area (Å²) in [5, 5.41) is 39.7. The summed E-state index contributed by atoms with van der Waals surface area (Å²) in [5.74, 6) is 0. The molecule has 5 N–H and O–H groups in total. The zero-order chi connectivity index (χ0) is 12.8. The van der Waals surface area contributed by atoms with Crippen LogP contribution in [0.25, 0.3) is 0 Å². The van der Waals surface area contributed by atoms with Crippen LogP contribution in [0.15, 0.2) is 0 Å². The van der Waals surface area contributed by atoms with Crippen molar-refractivity contribution in [2.45, 2.75) is 11.6 Å². The first-order chi connectivity index (χ1) is 7.28. The molecule has 0 aliphatic heterocycles. The van der Waals surface area contributed by atoms with Gasteiger partial charge in [0, 0.05) is 6.54 Å². The van der Waals surface area contributed by atoms with Gasteiger partial charge in [-0.3, -0.25) is 0 Å². The predicted octanol–water partition coefficient (Wildman–Crippen LogP) is -2.64. The van der Waals surface area contributed by atoms with Gasteiger partial charge in [-0.25, -0.2) is 0 Å². The number of nitrogens with one attached hydrogen (secondary N) is 1. The molecule has 0 bridgehead atoms. The monoisotopic (exact) mass is 237 g/mol. The average Bonchev–Trinajstić information content (AvgIpc) is 2.18. The minimum atomic E-state index is -1.12. The van der Waals surface area contributed by atoms with Crippen LogP contribution in [0, 0.1) is 0 Å². The van der Waals surface area contributed by atoms with E-state index in [-0.39, 0.29) is 26.4 Å². The lowest BCUT2D eigenvalue weighted by Gasteiger charge is -2.32. The van der Waals surface area contributed by atoms with Crippen molar-refractivity contribution in [3.63, 3.8) is 0 Å². The van der Waals surface area contributed by atoms with Gasteiger partial charge in [0.15, 0.2) is 0 Å². The second-order valence-corrected chi connectivity index (χ2v) is 5.26. The van der Waals surface area contributed by atoms with Crippen molar-refractivity contribution in [1.82, 2.24) is 5.32 Å². The van der Waals surface area contributed by atoms with E-state index in [9.17, 15) is 5.11 Å². The largest absolute Gasteiger partial charge is 0.394 e. The summed E-state index contributed by atoms with van der Waals surface area (Å²) in [4.78, 5) is 0. The van der Waals surface area contributed by atoms with E-state index in [2.05, 4.69) is 5.32 Å². The molecule has 0 saturated carbocycles. The molecule has 6 heteroatoms. The standard InChI is InChI=1S/C10H25N2O4/c1-12(2,3)5-9(16)4-11-10(6-13,7-14)8-15/h9,11,13-16H,4-8H2,1-3H3/q+1. The number of β-amino-alcohol motifs (C(OH)–C–C–N with tert-alkyl or cyclic N) is 1. The van der Waals surface area contributed by atoms with Gasteiger partial charge in [-0.2, -0.15) is 0 Å². The first-order valence-corrected chi connectivity index (χ1v) is 5.35. The van der Waals surface area contributed by atoms with Crippen LogP contribution in [-0.4, -0.2) is 90.6 Å². The Morgan fingerprint density at radius 3 is 1.81 bits per heavy atom. The van der Waals surface area contributed by atoms with Gasteiger partial charge in [-0.15, -0.1) is 0 Å². The summed E-state index contributed by atoms with van der Waals surface area (Å²) >= 11 is 0. The number of hydrogen-bond acceptors (Lipinski definition) is 5. The number of likely N-dealkylation sites (N-methyl/N-ethyl adjacent to an activating group) is 1. The maximum atomic E-state index is 9.71. The van der Waals surface area contributed by atoms with Gasteiger partial charge >= 0.3 is 0 Å². The molecule has 1 atom stereocenters. The van der Waals surface area contributed by atoms with Crippen LogP contribution in [0.2, 0.25) is 0 Å². The first-order valence-electron chi connectivity index (χ1n) is 5.35. The van der Waals surface area contributed by atoms with Gasteiger partial charge in [0.05, 0.1) is 46.5 Å². The van der Waals surface area contributed by atoms with Crippen LogP contribution in [0.1, 0.15) is 0 Å². The van der Waals surface area contributed by atoms with Crippen molar-refractivity contribution in [2.75, 3.05) is 54.1 Å². The van der Waals surface area contributed by atoms with Gasteiger partial charge in [0.25, 0.3) is 0 Å². The minimum absolute atomic E-state index is 0.219. The van der Waals surface area contributed by atoms with Crippen LogP contribution in [-0.2, 0) is 0 Å². The van der Waals surface area contributed by atoms with Crippen molar-refractivity contribution >= 4 is 0 Å². The number of hydrogen-bond donors (Lipinski definition) is 5. The molecule has 0 aromatic rings. The van der Waals surface area contributed by atoms with E-state index < -0.39 is 11.6 Å². The fraction of sp³-hybridized carbons (Fsp3) is 1.00. The third-order valence-corrected chi connectivity index (χ3v) is 2.38. The summed E-state index contributed by atoms with van der Waals surface area (Å²) in [7, 11) is 5.88. The summed E-state index contributed by atoms with van der Waals surface area (Å²) in [5.41, 5.74) is -1.12. The normalized spacial score (nSPS) is 15.2. The molecule has 0 aliphatic rings. The molecular formula is C10H25N2O4+. The van der Waals surface area contributed by atoms with E-state index >= 15 is 0 Å². The van der Waals surface area contributed by atoms with Gasteiger partial charge in [0.2, 0.25) is 0 Å².